The van der Waals surface area contributed by atoms with E-state index in [0.717, 1.165) is 32.3 Å². The molecule has 4 nitrogen and oxygen atoms in total. The van der Waals surface area contributed by atoms with Crippen molar-refractivity contribution in [3.05, 3.63) is 135 Å². The number of carbonyl (C=O) groups excluding carboxylic acids is 2. The van der Waals surface area contributed by atoms with Gasteiger partial charge in [0.25, 0.3) is 0 Å². The summed E-state index contributed by atoms with van der Waals surface area (Å²) in [5.74, 6) is -1.81. The van der Waals surface area contributed by atoms with Gasteiger partial charge in [-0.1, -0.05) is 101 Å². The first-order chi connectivity index (χ1) is 17.5. The number of amides is 2. The van der Waals surface area contributed by atoms with Crippen molar-refractivity contribution in [3.8, 4) is 0 Å². The van der Waals surface area contributed by atoms with Crippen LogP contribution in [-0.4, -0.2) is 11.8 Å². The van der Waals surface area contributed by atoms with E-state index in [-0.39, 0.29) is 11.8 Å². The Bertz CT molecular complexity index is 1460. The number of aryl methyl sites for hydroxylation is 1. The SMILES string of the molecule is Cc1cc(Br)ccc1N1C(=O)[C@@H]2[C@H](C1=O)[C@@]1(c3ccccc3)O[C@]2(c2ccccc2)c2ccccc21. The molecule has 0 saturated carbocycles. The van der Waals surface area contributed by atoms with Crippen LogP contribution in [0.15, 0.2) is 108 Å². The second-order valence-corrected chi connectivity index (χ2v) is 10.7. The van der Waals surface area contributed by atoms with Crippen molar-refractivity contribution >= 4 is 33.4 Å². The Kier molecular flexibility index (Phi) is 4.51. The van der Waals surface area contributed by atoms with Crippen molar-refractivity contribution in [3.63, 3.8) is 0 Å². The van der Waals surface area contributed by atoms with E-state index in [2.05, 4.69) is 28.1 Å². The van der Waals surface area contributed by atoms with Crippen LogP contribution in [0.3, 0.4) is 0 Å². The minimum Gasteiger partial charge on any atom is -0.348 e. The van der Waals surface area contributed by atoms with Crippen LogP contribution in [0.5, 0.6) is 0 Å². The van der Waals surface area contributed by atoms with E-state index in [1.165, 1.54) is 4.90 Å². The first-order valence-corrected chi connectivity index (χ1v) is 12.8. The standard InChI is InChI=1S/C31H22BrNO3/c1-19-18-22(32)16-17-25(19)33-28(34)26-27(29(33)35)31(21-12-6-3-7-13-21)24-15-9-8-14-23(24)30(26,36-31)20-10-4-2-5-11-20/h2-18,26-27H,1H3/t26-,27+,30+,31-. The molecule has 2 saturated heterocycles. The molecule has 5 heteroatoms. The van der Waals surface area contributed by atoms with Gasteiger partial charge >= 0.3 is 0 Å². The predicted octanol–water partition coefficient (Wildman–Crippen LogP) is 6.09. The van der Waals surface area contributed by atoms with Crippen LogP contribution in [-0.2, 0) is 25.5 Å². The van der Waals surface area contributed by atoms with Gasteiger partial charge < -0.3 is 4.74 Å². The highest BCUT2D eigenvalue weighted by molar-refractivity contribution is 9.10. The summed E-state index contributed by atoms with van der Waals surface area (Å²) in [6, 6.07) is 33.5. The Morgan fingerprint density at radius 1 is 0.694 bits per heavy atom. The highest BCUT2D eigenvalue weighted by Gasteiger charge is 2.78. The molecule has 0 aromatic heterocycles. The summed E-state index contributed by atoms with van der Waals surface area (Å²) in [7, 11) is 0. The molecule has 7 rings (SSSR count). The fraction of sp³-hybridized carbons (Fsp3) is 0.161. The van der Waals surface area contributed by atoms with Crippen molar-refractivity contribution in [2.24, 2.45) is 11.8 Å². The monoisotopic (exact) mass is 535 g/mol. The molecule has 0 radical (unpaired) electrons. The number of imide groups is 1. The van der Waals surface area contributed by atoms with Gasteiger partial charge in [-0.05, 0) is 52.9 Å². The molecule has 4 aromatic carbocycles. The summed E-state index contributed by atoms with van der Waals surface area (Å²) in [5.41, 5.74) is 3.04. The Morgan fingerprint density at radius 3 is 1.64 bits per heavy atom. The zero-order valence-electron chi connectivity index (χ0n) is 19.5. The second kappa shape index (κ2) is 7.48. The molecule has 3 aliphatic rings. The van der Waals surface area contributed by atoms with E-state index in [0.29, 0.717) is 5.69 Å². The van der Waals surface area contributed by atoms with Crippen molar-refractivity contribution < 1.29 is 14.3 Å². The summed E-state index contributed by atoms with van der Waals surface area (Å²) in [6.45, 7) is 1.93. The number of fused-ring (bicyclic) bond motifs is 8. The van der Waals surface area contributed by atoms with Gasteiger partial charge in [0.15, 0.2) is 0 Å². The number of rotatable bonds is 3. The lowest BCUT2D eigenvalue weighted by Gasteiger charge is -2.34. The summed E-state index contributed by atoms with van der Waals surface area (Å²) in [4.78, 5) is 30.2. The summed E-state index contributed by atoms with van der Waals surface area (Å²) < 4.78 is 8.06. The van der Waals surface area contributed by atoms with Crippen molar-refractivity contribution in [2.75, 3.05) is 4.90 Å². The van der Waals surface area contributed by atoms with Crippen LogP contribution in [0.1, 0.15) is 27.8 Å². The average Bonchev–Trinajstić information content (AvgIpc) is 3.50. The molecular formula is C31H22BrNO3. The Labute approximate surface area is 217 Å². The largest absolute Gasteiger partial charge is 0.348 e. The summed E-state index contributed by atoms with van der Waals surface area (Å²) in [6.07, 6.45) is 0. The molecule has 0 aliphatic carbocycles. The molecule has 2 amide bonds. The van der Waals surface area contributed by atoms with E-state index in [4.69, 9.17) is 4.74 Å². The fourth-order valence-electron chi connectivity index (χ4n) is 6.71. The van der Waals surface area contributed by atoms with Gasteiger partial charge in [-0.25, -0.2) is 4.90 Å². The topological polar surface area (TPSA) is 46.6 Å². The second-order valence-electron chi connectivity index (χ2n) is 9.75. The zero-order chi connectivity index (χ0) is 24.7. The fourth-order valence-corrected chi connectivity index (χ4v) is 7.19. The minimum absolute atomic E-state index is 0.216. The quantitative estimate of drug-likeness (QED) is 0.298. The molecule has 3 heterocycles. The maximum Gasteiger partial charge on any atom is 0.241 e. The minimum atomic E-state index is -1.07. The van der Waals surface area contributed by atoms with Crippen molar-refractivity contribution in [1.82, 2.24) is 0 Å². The van der Waals surface area contributed by atoms with E-state index < -0.39 is 23.0 Å². The van der Waals surface area contributed by atoms with Gasteiger partial charge in [0.05, 0.1) is 17.5 Å². The summed E-state index contributed by atoms with van der Waals surface area (Å²) >= 11 is 3.50. The van der Waals surface area contributed by atoms with E-state index in [1.807, 2.05) is 97.9 Å². The molecule has 4 aromatic rings. The smallest absolute Gasteiger partial charge is 0.241 e. The molecular weight excluding hydrogens is 514 g/mol. The normalized spacial score (nSPS) is 27.9. The molecule has 0 spiro atoms. The van der Waals surface area contributed by atoms with Crippen LogP contribution in [0.2, 0.25) is 0 Å². The number of ether oxygens (including phenoxy) is 1. The first-order valence-electron chi connectivity index (χ1n) is 12.1. The lowest BCUT2D eigenvalue weighted by atomic mass is 9.61. The number of benzene rings is 4. The first kappa shape index (κ1) is 21.7. The highest BCUT2D eigenvalue weighted by Crippen LogP contribution is 2.70. The number of nitrogens with zero attached hydrogens (tertiary/aromatic N) is 1. The Hall–Kier alpha value is -3.54. The molecule has 3 aliphatic heterocycles. The van der Waals surface area contributed by atoms with Crippen LogP contribution >= 0.6 is 15.9 Å². The molecule has 0 unspecified atom stereocenters. The van der Waals surface area contributed by atoms with Gasteiger partial charge in [-0.3, -0.25) is 9.59 Å². The average molecular weight is 536 g/mol. The molecule has 4 atom stereocenters. The van der Waals surface area contributed by atoms with Crippen LogP contribution in [0, 0.1) is 18.8 Å². The maximum atomic E-state index is 14.4. The third-order valence-electron chi connectivity index (χ3n) is 8.04. The maximum absolute atomic E-state index is 14.4. The van der Waals surface area contributed by atoms with Gasteiger partial charge in [0, 0.05) is 4.47 Å². The predicted molar refractivity (Wildman–Crippen MR) is 140 cm³/mol. The van der Waals surface area contributed by atoms with E-state index in [9.17, 15) is 9.59 Å². The summed E-state index contributed by atoms with van der Waals surface area (Å²) in [5, 5.41) is 0. The Morgan fingerprint density at radius 2 is 1.17 bits per heavy atom. The van der Waals surface area contributed by atoms with Gasteiger partial charge in [0.1, 0.15) is 11.2 Å². The third-order valence-corrected chi connectivity index (χ3v) is 8.53. The van der Waals surface area contributed by atoms with Crippen molar-refractivity contribution in [2.45, 2.75) is 18.1 Å². The van der Waals surface area contributed by atoms with E-state index in [1.54, 1.807) is 0 Å². The number of halogens is 1. The number of carbonyl (C=O) groups is 2. The third kappa shape index (κ3) is 2.52. The molecule has 2 bridgehead atoms. The molecule has 0 N–H and O–H groups in total. The van der Waals surface area contributed by atoms with Gasteiger partial charge in [0.2, 0.25) is 11.8 Å². The lowest BCUT2D eigenvalue weighted by Crippen LogP contribution is -2.42. The lowest BCUT2D eigenvalue weighted by molar-refractivity contribution is -0.131. The highest BCUT2D eigenvalue weighted by atomic mass is 79.9. The zero-order valence-corrected chi connectivity index (χ0v) is 21.1. The number of hydrogen-bond acceptors (Lipinski definition) is 3. The molecule has 2 fully saturated rings. The van der Waals surface area contributed by atoms with Crippen LogP contribution in [0.4, 0.5) is 5.69 Å². The Balaban J connectivity index is 1.55. The van der Waals surface area contributed by atoms with Gasteiger partial charge in [-0.15, -0.1) is 0 Å². The van der Waals surface area contributed by atoms with Gasteiger partial charge in [-0.2, -0.15) is 0 Å². The van der Waals surface area contributed by atoms with Crippen LogP contribution < -0.4 is 4.90 Å². The molecule has 36 heavy (non-hydrogen) atoms. The van der Waals surface area contributed by atoms with Crippen LogP contribution in [0.25, 0.3) is 0 Å². The number of hydrogen-bond donors (Lipinski definition) is 0. The number of anilines is 1. The molecule has 176 valence electrons. The van der Waals surface area contributed by atoms with E-state index >= 15 is 0 Å². The van der Waals surface area contributed by atoms with Crippen molar-refractivity contribution in [1.29, 1.82) is 0 Å².